The van der Waals surface area contributed by atoms with Gasteiger partial charge in [0.1, 0.15) is 23.3 Å². The molecule has 0 amide bonds. The van der Waals surface area contributed by atoms with Gasteiger partial charge in [0.25, 0.3) is 0 Å². The second-order valence-electron chi connectivity index (χ2n) is 10.1. The van der Waals surface area contributed by atoms with E-state index in [4.69, 9.17) is 22.1 Å². The van der Waals surface area contributed by atoms with E-state index in [1.807, 2.05) is 12.1 Å². The number of Topliss-reactive ketones (excluding diaryl/α,β-unsaturated/α-hetero) is 2. The lowest BCUT2D eigenvalue weighted by Gasteiger charge is -2.51. The van der Waals surface area contributed by atoms with Gasteiger partial charge in [-0.25, -0.2) is 0 Å². The number of allylic oxidation sites excluding steroid dienone is 2. The van der Waals surface area contributed by atoms with Gasteiger partial charge in [-0.1, -0.05) is 11.6 Å². The first-order valence-corrected chi connectivity index (χ1v) is 12.8. The largest absolute Gasteiger partial charge is 0.370 e. The molecular formula is C29H23ClN6O2. The Hall–Kier alpha value is -4.32. The number of nitriles is 3. The molecule has 0 radical (unpaired) electrons. The fourth-order valence-electron chi connectivity index (χ4n) is 5.87. The number of halogens is 1. The van der Waals surface area contributed by atoms with E-state index in [0.717, 1.165) is 66.7 Å². The van der Waals surface area contributed by atoms with Gasteiger partial charge in [0, 0.05) is 67.8 Å². The van der Waals surface area contributed by atoms with Gasteiger partial charge in [-0.3, -0.25) is 19.6 Å². The van der Waals surface area contributed by atoms with Gasteiger partial charge >= 0.3 is 0 Å². The summed E-state index contributed by atoms with van der Waals surface area (Å²) in [5.41, 5.74) is 4.82. The molecule has 1 aliphatic heterocycles. The number of rotatable bonds is 1. The summed E-state index contributed by atoms with van der Waals surface area (Å²) in [6, 6.07) is 9.94. The number of carbonyl (C=O) groups excluding carboxylic acids is 2. The van der Waals surface area contributed by atoms with Gasteiger partial charge in [-0.15, -0.1) is 0 Å². The molecule has 1 saturated carbocycles. The molecular weight excluding hydrogens is 500 g/mol. The van der Waals surface area contributed by atoms with Gasteiger partial charge in [-0.05, 0) is 54.4 Å². The number of carbonyl (C=O) groups is 2. The van der Waals surface area contributed by atoms with Crippen LogP contribution < -0.4 is 0 Å². The molecule has 1 saturated heterocycles. The quantitative estimate of drug-likeness (QED) is 0.545. The van der Waals surface area contributed by atoms with E-state index >= 15 is 0 Å². The van der Waals surface area contributed by atoms with Crippen LogP contribution in [0.3, 0.4) is 0 Å². The van der Waals surface area contributed by atoms with E-state index < -0.39 is 0 Å². The third-order valence-corrected chi connectivity index (χ3v) is 8.31. The highest BCUT2D eigenvalue weighted by molar-refractivity contribution is 6.52. The summed E-state index contributed by atoms with van der Waals surface area (Å²) in [6.07, 6.45) is 11.2. The van der Waals surface area contributed by atoms with Crippen LogP contribution in [-0.2, 0) is 22.4 Å². The Morgan fingerprint density at radius 1 is 0.868 bits per heavy atom. The van der Waals surface area contributed by atoms with Gasteiger partial charge in [0.05, 0.1) is 16.8 Å². The van der Waals surface area contributed by atoms with Gasteiger partial charge in [-0.2, -0.15) is 15.8 Å². The van der Waals surface area contributed by atoms with Crippen LogP contribution in [0.4, 0.5) is 0 Å². The fraction of sp³-hybridized carbons (Fsp3) is 0.345. The van der Waals surface area contributed by atoms with Crippen LogP contribution >= 0.6 is 11.6 Å². The monoisotopic (exact) mass is 522 g/mol. The SMILES string of the molecule is N#CC1=C(Cl)c2ccncc2CC1=O.N#CC1=C(N2CCC3(CC2)CC(C#N)C3)c2ccncc2CC1=O. The van der Waals surface area contributed by atoms with Crippen molar-refractivity contribution in [3.8, 4) is 18.2 Å². The molecule has 6 rings (SSSR count). The van der Waals surface area contributed by atoms with E-state index in [0.29, 0.717) is 5.41 Å². The Bertz CT molecular complexity index is 1520. The number of pyridine rings is 2. The zero-order valence-electron chi connectivity index (χ0n) is 20.6. The van der Waals surface area contributed by atoms with Crippen LogP contribution in [0.25, 0.3) is 10.7 Å². The van der Waals surface area contributed by atoms with Crippen molar-refractivity contribution in [2.75, 3.05) is 13.1 Å². The Kier molecular flexibility index (Phi) is 6.81. The Morgan fingerprint density at radius 3 is 2.00 bits per heavy atom. The minimum Gasteiger partial charge on any atom is -0.370 e. The number of nitrogens with zero attached hydrogens (tertiary/aromatic N) is 6. The minimum absolute atomic E-state index is 0.0466. The van der Waals surface area contributed by atoms with Crippen LogP contribution in [0.5, 0.6) is 0 Å². The lowest BCUT2D eigenvalue weighted by atomic mass is 9.58. The third kappa shape index (κ3) is 4.47. The predicted octanol–water partition coefficient (Wildman–Crippen LogP) is 4.14. The summed E-state index contributed by atoms with van der Waals surface area (Å²) in [6.45, 7) is 1.68. The van der Waals surface area contributed by atoms with Crippen LogP contribution in [0, 0.1) is 45.3 Å². The van der Waals surface area contributed by atoms with Crippen molar-refractivity contribution in [1.29, 1.82) is 15.8 Å². The lowest BCUT2D eigenvalue weighted by molar-refractivity contribution is -0.115. The molecule has 2 aromatic heterocycles. The van der Waals surface area contributed by atoms with Crippen molar-refractivity contribution < 1.29 is 9.59 Å². The van der Waals surface area contributed by atoms with Gasteiger partial charge in [0.15, 0.2) is 11.6 Å². The minimum atomic E-state index is -0.238. The number of hydrogen-bond acceptors (Lipinski definition) is 8. The second-order valence-corrected chi connectivity index (χ2v) is 10.5. The highest BCUT2D eigenvalue weighted by atomic mass is 35.5. The van der Waals surface area contributed by atoms with Gasteiger partial charge in [0.2, 0.25) is 0 Å². The third-order valence-electron chi connectivity index (χ3n) is 7.92. The lowest BCUT2D eigenvalue weighted by Crippen LogP contribution is -2.46. The summed E-state index contributed by atoms with van der Waals surface area (Å²) in [5, 5.41) is 27.5. The first-order valence-electron chi connectivity index (χ1n) is 12.4. The summed E-state index contributed by atoms with van der Waals surface area (Å²) in [5.74, 6) is -0.132. The maximum Gasteiger partial charge on any atom is 0.179 e. The molecule has 2 fully saturated rings. The molecule has 2 aromatic rings. The van der Waals surface area contributed by atoms with Crippen molar-refractivity contribution in [1.82, 2.24) is 14.9 Å². The standard InChI is InChI=1S/C19H18N4O.C10H5ClN2O/c20-10-13-8-19(9-13)2-5-23(6-3-19)18-15-1-4-22-12-14(15)7-17(24)16(18)11-21;11-10-7-1-2-13-5-6(7)3-9(14)8(10)4-12/h1,4,12-13H,2-3,5-9H2;1-2,5H,3H2. The first-order chi connectivity index (χ1) is 18.4. The van der Waals surface area contributed by atoms with Crippen LogP contribution in [0.2, 0.25) is 0 Å². The summed E-state index contributed by atoms with van der Waals surface area (Å²) in [7, 11) is 0. The molecule has 3 heterocycles. The first kappa shape index (κ1) is 25.3. The molecule has 9 heteroatoms. The summed E-state index contributed by atoms with van der Waals surface area (Å²) < 4.78 is 0. The predicted molar refractivity (Wildman–Crippen MR) is 138 cm³/mol. The molecule has 0 unspecified atom stereocenters. The number of ketones is 2. The highest BCUT2D eigenvalue weighted by Gasteiger charge is 2.46. The normalized spacial score (nSPS) is 19.8. The maximum absolute atomic E-state index is 12.3. The highest BCUT2D eigenvalue weighted by Crippen LogP contribution is 2.53. The maximum atomic E-state index is 12.3. The van der Waals surface area contributed by atoms with E-state index in [9.17, 15) is 14.9 Å². The van der Waals surface area contributed by atoms with Crippen molar-refractivity contribution >= 4 is 33.9 Å². The molecule has 0 atom stereocenters. The average Bonchev–Trinajstić information content (AvgIpc) is 2.91. The Balaban J connectivity index is 0.000000179. The second kappa shape index (κ2) is 10.2. The van der Waals surface area contributed by atoms with E-state index in [2.05, 4.69) is 27.0 Å². The number of likely N-dealkylation sites (tertiary alicyclic amines) is 1. The summed E-state index contributed by atoms with van der Waals surface area (Å²) in [4.78, 5) is 34.0. The number of aromatic nitrogens is 2. The number of fused-ring (bicyclic) bond motifs is 2. The zero-order chi connectivity index (χ0) is 26.9. The topological polar surface area (TPSA) is 135 Å². The van der Waals surface area contributed by atoms with Crippen LogP contribution in [0.1, 0.15) is 47.9 Å². The smallest absolute Gasteiger partial charge is 0.179 e. The van der Waals surface area contributed by atoms with Crippen molar-refractivity contribution in [3.63, 3.8) is 0 Å². The molecule has 188 valence electrons. The van der Waals surface area contributed by atoms with Gasteiger partial charge < -0.3 is 4.90 Å². The molecule has 38 heavy (non-hydrogen) atoms. The Labute approximate surface area is 225 Å². The molecule has 0 bridgehead atoms. The summed E-state index contributed by atoms with van der Waals surface area (Å²) >= 11 is 5.92. The van der Waals surface area contributed by atoms with Crippen molar-refractivity contribution in [2.45, 2.75) is 38.5 Å². The van der Waals surface area contributed by atoms with Crippen molar-refractivity contribution in [2.24, 2.45) is 11.3 Å². The van der Waals surface area contributed by atoms with E-state index in [1.54, 1.807) is 30.9 Å². The number of piperidine rings is 1. The Morgan fingerprint density at radius 2 is 1.42 bits per heavy atom. The number of hydrogen-bond donors (Lipinski definition) is 0. The molecule has 3 aliphatic carbocycles. The average molecular weight is 523 g/mol. The zero-order valence-corrected chi connectivity index (χ0v) is 21.3. The van der Waals surface area contributed by atoms with Crippen molar-refractivity contribution in [3.05, 3.63) is 70.3 Å². The van der Waals surface area contributed by atoms with E-state index in [-0.39, 0.29) is 46.5 Å². The molecule has 0 aromatic carbocycles. The van der Waals surface area contributed by atoms with Crippen LogP contribution in [-0.4, -0.2) is 39.5 Å². The molecule has 0 N–H and O–H groups in total. The fourth-order valence-corrected chi connectivity index (χ4v) is 6.20. The molecule has 4 aliphatic rings. The molecule has 8 nitrogen and oxygen atoms in total. The van der Waals surface area contributed by atoms with Crippen LogP contribution in [0.15, 0.2) is 48.1 Å². The van der Waals surface area contributed by atoms with E-state index in [1.165, 1.54) is 0 Å². The molecule has 1 spiro atoms.